The summed E-state index contributed by atoms with van der Waals surface area (Å²) in [7, 11) is -0.972. The minimum absolute atomic E-state index is 0.0322. The summed E-state index contributed by atoms with van der Waals surface area (Å²) in [6.07, 6.45) is 0. The van der Waals surface area contributed by atoms with Crippen LogP contribution in [-0.2, 0) is 10.0 Å². The van der Waals surface area contributed by atoms with Crippen molar-refractivity contribution < 1.29 is 18.3 Å². The van der Waals surface area contributed by atoms with E-state index in [9.17, 15) is 13.2 Å². The van der Waals surface area contributed by atoms with Crippen LogP contribution in [-0.4, -0.2) is 37.9 Å². The summed E-state index contributed by atoms with van der Waals surface area (Å²) in [4.78, 5) is 10.8. The maximum Gasteiger partial charge on any atom is 0.337 e. The van der Waals surface area contributed by atoms with Crippen LogP contribution < -0.4 is 0 Å². The first-order valence-corrected chi connectivity index (χ1v) is 6.94. The minimum atomic E-state index is -3.69. The van der Waals surface area contributed by atoms with Gasteiger partial charge < -0.3 is 5.11 Å². The highest BCUT2D eigenvalue weighted by atomic mass is 79.9. The second kappa shape index (κ2) is 4.93. The molecule has 0 atom stereocenters. The topological polar surface area (TPSA) is 74.7 Å². The summed E-state index contributed by atoms with van der Waals surface area (Å²) in [5.74, 6) is -1.29. The monoisotopic (exact) mass is 341 g/mol. The van der Waals surface area contributed by atoms with Crippen LogP contribution in [0.25, 0.3) is 0 Å². The van der Waals surface area contributed by atoms with Crippen LogP contribution >= 0.6 is 27.5 Å². The van der Waals surface area contributed by atoms with Crippen molar-refractivity contribution in [1.29, 1.82) is 0 Å². The molecule has 0 radical (unpaired) electrons. The number of aromatic carboxylic acids is 1. The van der Waals surface area contributed by atoms with Crippen LogP contribution in [0.4, 0.5) is 0 Å². The summed E-state index contributed by atoms with van der Waals surface area (Å²) in [6, 6.07) is 2.30. The Morgan fingerprint density at radius 3 is 2.35 bits per heavy atom. The molecule has 1 aromatic carbocycles. The fourth-order valence-electron chi connectivity index (χ4n) is 1.08. The highest BCUT2D eigenvalue weighted by Crippen LogP contribution is 2.30. The molecular formula is C9H9BrClNO4S. The summed E-state index contributed by atoms with van der Waals surface area (Å²) in [5.41, 5.74) is -0.263. The number of benzene rings is 1. The van der Waals surface area contributed by atoms with E-state index in [0.29, 0.717) is 0 Å². The van der Waals surface area contributed by atoms with Gasteiger partial charge in [-0.05, 0) is 28.1 Å². The zero-order chi connectivity index (χ0) is 13.4. The van der Waals surface area contributed by atoms with Gasteiger partial charge in [0.15, 0.2) is 0 Å². The molecule has 0 saturated heterocycles. The van der Waals surface area contributed by atoms with Crippen molar-refractivity contribution in [2.45, 2.75) is 4.90 Å². The number of hydrogen-bond donors (Lipinski definition) is 1. The van der Waals surface area contributed by atoms with E-state index in [2.05, 4.69) is 15.9 Å². The van der Waals surface area contributed by atoms with Gasteiger partial charge in [-0.2, -0.15) is 0 Å². The molecule has 0 aliphatic rings. The first-order chi connectivity index (χ1) is 7.67. The molecule has 0 aromatic heterocycles. The van der Waals surface area contributed by atoms with Gasteiger partial charge in [0.25, 0.3) is 0 Å². The Hall–Kier alpha value is -0.630. The fourth-order valence-corrected chi connectivity index (χ4v) is 2.84. The average molecular weight is 343 g/mol. The van der Waals surface area contributed by atoms with Gasteiger partial charge in [0.1, 0.15) is 0 Å². The molecular weight excluding hydrogens is 334 g/mol. The molecule has 5 nitrogen and oxygen atoms in total. The molecule has 0 bridgehead atoms. The smallest absolute Gasteiger partial charge is 0.337 e. The Morgan fingerprint density at radius 1 is 1.41 bits per heavy atom. The lowest BCUT2D eigenvalue weighted by atomic mass is 10.2. The van der Waals surface area contributed by atoms with Crippen molar-refractivity contribution in [2.75, 3.05) is 14.1 Å². The predicted octanol–water partition coefficient (Wildman–Crippen LogP) is 2.05. The molecule has 0 aliphatic heterocycles. The second-order valence-electron chi connectivity index (χ2n) is 3.36. The Kier molecular flexibility index (Phi) is 4.19. The van der Waals surface area contributed by atoms with Gasteiger partial charge in [0.05, 0.1) is 15.5 Å². The van der Waals surface area contributed by atoms with Gasteiger partial charge in [-0.3, -0.25) is 0 Å². The van der Waals surface area contributed by atoms with E-state index in [0.717, 1.165) is 10.4 Å². The number of carboxylic acid groups (broad SMARTS) is 1. The highest BCUT2D eigenvalue weighted by Gasteiger charge is 2.22. The van der Waals surface area contributed by atoms with E-state index in [-0.39, 0.29) is 20.0 Å². The summed E-state index contributed by atoms with van der Waals surface area (Å²) >= 11 is 8.78. The number of sulfonamides is 1. The quantitative estimate of drug-likeness (QED) is 0.912. The zero-order valence-corrected chi connectivity index (χ0v) is 12.1. The van der Waals surface area contributed by atoms with Gasteiger partial charge in [-0.15, -0.1) is 0 Å². The van der Waals surface area contributed by atoms with Gasteiger partial charge in [-0.1, -0.05) is 11.6 Å². The molecule has 1 aromatic rings. The molecule has 0 amide bonds. The lowest BCUT2D eigenvalue weighted by molar-refractivity contribution is 0.0696. The fraction of sp³-hybridized carbons (Fsp3) is 0.222. The van der Waals surface area contributed by atoms with Gasteiger partial charge in [0.2, 0.25) is 10.0 Å². The number of hydrogen-bond acceptors (Lipinski definition) is 3. The number of carbonyl (C=O) groups is 1. The average Bonchev–Trinajstić information content (AvgIpc) is 2.20. The largest absolute Gasteiger partial charge is 0.478 e. The Bertz CT molecular complexity index is 571. The molecule has 17 heavy (non-hydrogen) atoms. The second-order valence-corrected chi connectivity index (χ2v) is 6.74. The van der Waals surface area contributed by atoms with E-state index in [1.54, 1.807) is 0 Å². The highest BCUT2D eigenvalue weighted by molar-refractivity contribution is 9.10. The first-order valence-electron chi connectivity index (χ1n) is 4.32. The van der Waals surface area contributed by atoms with Crippen molar-refractivity contribution in [3.63, 3.8) is 0 Å². The van der Waals surface area contributed by atoms with Crippen molar-refractivity contribution in [2.24, 2.45) is 0 Å². The molecule has 0 unspecified atom stereocenters. The van der Waals surface area contributed by atoms with Crippen LogP contribution in [0.1, 0.15) is 10.4 Å². The standard InChI is InChI=1S/C9H9BrClNO4S/c1-12(2)17(15,16)5-3-6(9(13)14)8(11)7(10)4-5/h3-4H,1-2H3,(H,13,14). The molecule has 94 valence electrons. The normalized spacial score (nSPS) is 11.8. The Labute approximate surface area is 112 Å². The van der Waals surface area contributed by atoms with E-state index in [4.69, 9.17) is 16.7 Å². The Morgan fingerprint density at radius 2 is 1.94 bits per heavy atom. The molecule has 0 spiro atoms. The van der Waals surface area contributed by atoms with E-state index in [1.165, 1.54) is 20.2 Å². The van der Waals surface area contributed by atoms with Crippen LogP contribution in [0, 0.1) is 0 Å². The number of rotatable bonds is 3. The number of carboxylic acids is 1. The molecule has 8 heteroatoms. The third-order valence-corrected chi connectivity index (χ3v) is 5.06. The summed E-state index contributed by atoms with van der Waals surface area (Å²) in [6.45, 7) is 0. The predicted molar refractivity (Wildman–Crippen MR) is 67.0 cm³/mol. The third kappa shape index (κ3) is 2.79. The molecule has 0 saturated carbocycles. The zero-order valence-electron chi connectivity index (χ0n) is 8.94. The van der Waals surface area contributed by atoms with E-state index in [1.807, 2.05) is 0 Å². The SMILES string of the molecule is CN(C)S(=O)(=O)c1cc(Br)c(Cl)c(C(=O)O)c1. The third-order valence-electron chi connectivity index (χ3n) is 2.01. The first kappa shape index (κ1) is 14.4. The van der Waals surface area contributed by atoms with Crippen molar-refractivity contribution in [1.82, 2.24) is 4.31 Å². The molecule has 1 rings (SSSR count). The molecule has 1 N–H and O–H groups in total. The van der Waals surface area contributed by atoms with E-state index < -0.39 is 16.0 Å². The maximum absolute atomic E-state index is 11.8. The lowest BCUT2D eigenvalue weighted by Crippen LogP contribution is -2.22. The van der Waals surface area contributed by atoms with Crippen molar-refractivity contribution in [3.8, 4) is 0 Å². The van der Waals surface area contributed by atoms with Crippen molar-refractivity contribution >= 4 is 43.5 Å². The summed E-state index contributed by atoms with van der Waals surface area (Å²) in [5, 5.41) is 8.87. The van der Waals surface area contributed by atoms with Crippen molar-refractivity contribution in [3.05, 3.63) is 27.2 Å². The Balaban J connectivity index is 3.55. The minimum Gasteiger partial charge on any atom is -0.478 e. The molecule has 0 aliphatic carbocycles. The van der Waals surface area contributed by atoms with Crippen LogP contribution in [0.15, 0.2) is 21.5 Å². The molecule has 0 fully saturated rings. The molecule has 0 heterocycles. The van der Waals surface area contributed by atoms with Gasteiger partial charge >= 0.3 is 5.97 Å². The lowest BCUT2D eigenvalue weighted by Gasteiger charge is -2.13. The van der Waals surface area contributed by atoms with Gasteiger partial charge in [-0.25, -0.2) is 17.5 Å². The van der Waals surface area contributed by atoms with Crippen LogP contribution in [0.3, 0.4) is 0 Å². The van der Waals surface area contributed by atoms with Crippen LogP contribution in [0.2, 0.25) is 5.02 Å². The van der Waals surface area contributed by atoms with Gasteiger partial charge in [0, 0.05) is 18.6 Å². The number of halogens is 2. The number of nitrogens with zero attached hydrogens (tertiary/aromatic N) is 1. The van der Waals surface area contributed by atoms with E-state index >= 15 is 0 Å². The van der Waals surface area contributed by atoms with Crippen LogP contribution in [0.5, 0.6) is 0 Å². The summed E-state index contributed by atoms with van der Waals surface area (Å²) < 4.78 is 24.9. The maximum atomic E-state index is 11.8.